The standard InChI is InChI=1S/C15H14Cl2N2O2/c1-15(6-7-15)8-19-13(20)11(12(17)18-14(19)21)9-2-4-10(16)5-3-9/h2-5H,6-8H2,1H3,(H,18,21). The Labute approximate surface area is 131 Å². The van der Waals surface area contributed by atoms with Crippen LogP contribution in [0.2, 0.25) is 10.2 Å². The Balaban J connectivity index is 2.16. The number of nitrogens with zero attached hydrogens (tertiary/aromatic N) is 1. The number of hydrogen-bond acceptors (Lipinski definition) is 2. The van der Waals surface area contributed by atoms with Crippen molar-refractivity contribution in [1.29, 1.82) is 0 Å². The lowest BCUT2D eigenvalue weighted by atomic mass is 10.1. The van der Waals surface area contributed by atoms with Crippen molar-refractivity contribution in [2.24, 2.45) is 5.41 Å². The Morgan fingerprint density at radius 2 is 1.81 bits per heavy atom. The van der Waals surface area contributed by atoms with Gasteiger partial charge >= 0.3 is 5.69 Å². The molecule has 21 heavy (non-hydrogen) atoms. The summed E-state index contributed by atoms with van der Waals surface area (Å²) in [5.74, 6) is 0. The van der Waals surface area contributed by atoms with Gasteiger partial charge in [0.15, 0.2) is 0 Å². The molecule has 1 aliphatic rings. The molecule has 1 fully saturated rings. The van der Waals surface area contributed by atoms with Crippen LogP contribution >= 0.6 is 23.2 Å². The zero-order chi connectivity index (χ0) is 15.2. The van der Waals surface area contributed by atoms with E-state index in [9.17, 15) is 9.59 Å². The van der Waals surface area contributed by atoms with E-state index >= 15 is 0 Å². The summed E-state index contributed by atoms with van der Waals surface area (Å²) in [4.78, 5) is 27.2. The topological polar surface area (TPSA) is 54.9 Å². The third kappa shape index (κ3) is 2.78. The van der Waals surface area contributed by atoms with E-state index in [1.165, 1.54) is 4.57 Å². The maximum Gasteiger partial charge on any atom is 0.329 e. The fourth-order valence-corrected chi connectivity index (χ4v) is 2.71. The van der Waals surface area contributed by atoms with Crippen LogP contribution in [0.25, 0.3) is 11.1 Å². The van der Waals surface area contributed by atoms with Gasteiger partial charge in [0.05, 0.1) is 5.56 Å². The molecular weight excluding hydrogens is 311 g/mol. The van der Waals surface area contributed by atoms with Crippen LogP contribution in [0.4, 0.5) is 0 Å². The molecule has 2 aromatic rings. The second-order valence-electron chi connectivity index (χ2n) is 5.83. The van der Waals surface area contributed by atoms with Crippen LogP contribution in [0.15, 0.2) is 33.9 Å². The van der Waals surface area contributed by atoms with Gasteiger partial charge in [-0.25, -0.2) is 4.79 Å². The first-order valence-electron chi connectivity index (χ1n) is 6.68. The van der Waals surface area contributed by atoms with E-state index in [1.54, 1.807) is 24.3 Å². The molecule has 0 radical (unpaired) electrons. The third-order valence-corrected chi connectivity index (χ3v) is 4.45. The van der Waals surface area contributed by atoms with Gasteiger partial charge in [-0.2, -0.15) is 0 Å². The second-order valence-corrected chi connectivity index (χ2v) is 6.64. The third-order valence-electron chi connectivity index (χ3n) is 3.92. The van der Waals surface area contributed by atoms with Gasteiger partial charge in [0, 0.05) is 11.6 Å². The molecule has 3 rings (SSSR count). The van der Waals surface area contributed by atoms with Crippen LogP contribution in [-0.2, 0) is 6.54 Å². The van der Waals surface area contributed by atoms with Crippen LogP contribution in [0.3, 0.4) is 0 Å². The molecule has 0 spiro atoms. The molecule has 4 nitrogen and oxygen atoms in total. The number of aromatic nitrogens is 2. The number of halogens is 2. The first-order valence-corrected chi connectivity index (χ1v) is 7.44. The van der Waals surface area contributed by atoms with Gasteiger partial charge in [-0.15, -0.1) is 0 Å². The van der Waals surface area contributed by atoms with Crippen LogP contribution in [0.1, 0.15) is 19.8 Å². The van der Waals surface area contributed by atoms with Crippen molar-refractivity contribution in [3.8, 4) is 11.1 Å². The van der Waals surface area contributed by atoms with Crippen molar-refractivity contribution >= 4 is 23.2 Å². The Bertz CT molecular complexity index is 802. The molecule has 1 aromatic carbocycles. The molecular formula is C15H14Cl2N2O2. The molecule has 6 heteroatoms. The Kier molecular flexibility index (Phi) is 3.46. The maximum atomic E-state index is 12.6. The van der Waals surface area contributed by atoms with Crippen molar-refractivity contribution in [2.45, 2.75) is 26.3 Å². The predicted octanol–water partition coefficient (Wildman–Crippen LogP) is 3.31. The fraction of sp³-hybridized carbons (Fsp3) is 0.333. The van der Waals surface area contributed by atoms with Gasteiger partial charge < -0.3 is 0 Å². The number of rotatable bonds is 3. The summed E-state index contributed by atoms with van der Waals surface area (Å²) >= 11 is 11.9. The minimum atomic E-state index is -0.462. The average molecular weight is 325 g/mol. The molecule has 0 unspecified atom stereocenters. The lowest BCUT2D eigenvalue weighted by Crippen LogP contribution is -2.38. The number of benzene rings is 1. The van der Waals surface area contributed by atoms with Gasteiger partial charge in [0.1, 0.15) is 5.15 Å². The van der Waals surface area contributed by atoms with Gasteiger partial charge in [0.25, 0.3) is 5.56 Å². The SMILES string of the molecule is CC1(Cn2c(=O)[nH]c(Cl)c(-c3ccc(Cl)cc3)c2=O)CC1. The van der Waals surface area contributed by atoms with E-state index in [-0.39, 0.29) is 16.1 Å². The highest BCUT2D eigenvalue weighted by molar-refractivity contribution is 6.32. The minimum Gasteiger partial charge on any atom is -0.297 e. The van der Waals surface area contributed by atoms with Crippen LogP contribution in [0.5, 0.6) is 0 Å². The molecule has 1 N–H and O–H groups in total. The largest absolute Gasteiger partial charge is 0.329 e. The van der Waals surface area contributed by atoms with Crippen molar-refractivity contribution in [3.63, 3.8) is 0 Å². The summed E-state index contributed by atoms with van der Waals surface area (Å²) in [5, 5.41) is 0.634. The minimum absolute atomic E-state index is 0.0436. The van der Waals surface area contributed by atoms with Gasteiger partial charge in [-0.1, -0.05) is 42.3 Å². The Morgan fingerprint density at radius 1 is 1.19 bits per heavy atom. The number of aromatic amines is 1. The fourth-order valence-electron chi connectivity index (χ4n) is 2.31. The molecule has 0 bridgehead atoms. The zero-order valence-corrected chi connectivity index (χ0v) is 13.0. The Hall–Kier alpha value is -1.52. The summed E-state index contributed by atoms with van der Waals surface area (Å²) in [6.45, 7) is 2.48. The molecule has 1 saturated carbocycles. The summed E-state index contributed by atoms with van der Waals surface area (Å²) in [6.07, 6.45) is 2.05. The van der Waals surface area contributed by atoms with Crippen molar-refractivity contribution in [2.75, 3.05) is 0 Å². The maximum absolute atomic E-state index is 12.6. The van der Waals surface area contributed by atoms with Crippen molar-refractivity contribution < 1.29 is 0 Å². The van der Waals surface area contributed by atoms with E-state index in [4.69, 9.17) is 23.2 Å². The first-order chi connectivity index (χ1) is 9.89. The van der Waals surface area contributed by atoms with E-state index in [0.29, 0.717) is 22.7 Å². The highest BCUT2D eigenvalue weighted by Crippen LogP contribution is 2.45. The monoisotopic (exact) mass is 324 g/mol. The van der Waals surface area contributed by atoms with Crippen LogP contribution < -0.4 is 11.2 Å². The second kappa shape index (κ2) is 5.04. The summed E-state index contributed by atoms with van der Waals surface area (Å²) in [5.41, 5.74) is 0.162. The van der Waals surface area contributed by atoms with E-state index in [1.807, 2.05) is 0 Å². The highest BCUT2D eigenvalue weighted by Gasteiger charge is 2.38. The molecule has 0 atom stereocenters. The zero-order valence-electron chi connectivity index (χ0n) is 11.5. The molecule has 1 aromatic heterocycles. The van der Waals surface area contributed by atoms with Gasteiger partial charge in [0.2, 0.25) is 0 Å². The van der Waals surface area contributed by atoms with Gasteiger partial charge in [-0.3, -0.25) is 14.3 Å². The van der Waals surface area contributed by atoms with E-state index < -0.39 is 5.69 Å². The summed E-state index contributed by atoms with van der Waals surface area (Å²) < 4.78 is 1.24. The molecule has 1 aliphatic carbocycles. The molecule has 0 amide bonds. The quantitative estimate of drug-likeness (QED) is 0.880. The molecule has 110 valence electrons. The smallest absolute Gasteiger partial charge is 0.297 e. The summed E-state index contributed by atoms with van der Waals surface area (Å²) in [7, 11) is 0. The van der Waals surface area contributed by atoms with Crippen molar-refractivity contribution in [3.05, 3.63) is 55.3 Å². The average Bonchev–Trinajstić information content (AvgIpc) is 3.15. The number of nitrogens with one attached hydrogen (secondary N) is 1. The van der Waals surface area contributed by atoms with Gasteiger partial charge in [-0.05, 0) is 36.0 Å². The van der Waals surface area contributed by atoms with Crippen LogP contribution in [0, 0.1) is 5.41 Å². The predicted molar refractivity (Wildman–Crippen MR) is 84.1 cm³/mol. The molecule has 1 heterocycles. The molecule has 0 saturated heterocycles. The highest BCUT2D eigenvalue weighted by atomic mass is 35.5. The number of hydrogen-bond donors (Lipinski definition) is 1. The number of H-pyrrole nitrogens is 1. The lowest BCUT2D eigenvalue weighted by molar-refractivity contribution is 0.441. The Morgan fingerprint density at radius 3 is 2.38 bits per heavy atom. The van der Waals surface area contributed by atoms with E-state index in [0.717, 1.165) is 12.8 Å². The van der Waals surface area contributed by atoms with Crippen molar-refractivity contribution in [1.82, 2.24) is 9.55 Å². The normalized spacial score (nSPS) is 16.0. The molecule has 0 aliphatic heterocycles. The summed E-state index contributed by atoms with van der Waals surface area (Å²) in [6, 6.07) is 6.80. The van der Waals surface area contributed by atoms with Crippen LogP contribution in [-0.4, -0.2) is 9.55 Å². The lowest BCUT2D eigenvalue weighted by Gasteiger charge is -2.12. The van der Waals surface area contributed by atoms with E-state index in [2.05, 4.69) is 11.9 Å². The first kappa shape index (κ1) is 14.4.